The van der Waals surface area contributed by atoms with Crippen molar-refractivity contribution < 1.29 is 9.53 Å². The summed E-state index contributed by atoms with van der Waals surface area (Å²) in [7, 11) is 1.56. The number of carbonyl (C=O) groups is 1. The second-order valence-electron chi connectivity index (χ2n) is 7.22. The molecule has 1 amide bonds. The molecule has 0 saturated carbocycles. The largest absolute Gasteiger partial charge is 0.457 e. The van der Waals surface area contributed by atoms with Gasteiger partial charge in [-0.05, 0) is 50.1 Å². The van der Waals surface area contributed by atoms with Crippen molar-refractivity contribution in [2.75, 3.05) is 12.4 Å². The molecule has 0 unspecified atom stereocenters. The van der Waals surface area contributed by atoms with Crippen molar-refractivity contribution in [1.29, 1.82) is 0 Å². The third-order valence-electron chi connectivity index (χ3n) is 4.80. The molecule has 2 heterocycles. The molecule has 4 rings (SSSR count). The van der Waals surface area contributed by atoms with Crippen molar-refractivity contribution in [2.24, 2.45) is 0 Å². The van der Waals surface area contributed by atoms with Gasteiger partial charge in [0, 0.05) is 31.1 Å². The molecule has 0 aliphatic heterocycles. The highest BCUT2D eigenvalue weighted by atomic mass is 16.5. The number of hydrogen-bond donors (Lipinski definition) is 3. The number of rotatable bonds is 5. The lowest BCUT2D eigenvalue weighted by Gasteiger charge is -2.11. The second-order valence-corrected chi connectivity index (χ2v) is 7.22. The molecule has 2 aromatic heterocycles. The Morgan fingerprint density at radius 2 is 1.73 bits per heavy atom. The molecular formula is C23H23N5O2. The number of nitrogens with one attached hydrogen (secondary N) is 3. The predicted molar refractivity (Wildman–Crippen MR) is 118 cm³/mol. The number of H-pyrrole nitrogens is 1. The number of hydrogen-bond acceptors (Lipinski definition) is 5. The minimum absolute atomic E-state index is 0.262. The molecule has 0 radical (unpaired) electrons. The fraction of sp³-hybridized carbons (Fsp3) is 0.174. The summed E-state index contributed by atoms with van der Waals surface area (Å²) >= 11 is 0. The van der Waals surface area contributed by atoms with Crippen LogP contribution in [-0.4, -0.2) is 27.9 Å². The molecule has 0 spiro atoms. The molecule has 30 heavy (non-hydrogen) atoms. The van der Waals surface area contributed by atoms with Gasteiger partial charge in [-0.25, -0.2) is 4.98 Å². The molecule has 0 fully saturated rings. The second kappa shape index (κ2) is 7.87. The summed E-state index contributed by atoms with van der Waals surface area (Å²) in [5, 5.41) is 5.95. The number of carbonyl (C=O) groups excluding carboxylic acids is 1. The Balaban J connectivity index is 1.58. The maximum atomic E-state index is 11.8. The zero-order valence-electron chi connectivity index (χ0n) is 17.3. The number of aromatic amines is 1. The van der Waals surface area contributed by atoms with Crippen molar-refractivity contribution in [3.05, 3.63) is 71.0 Å². The van der Waals surface area contributed by atoms with E-state index in [9.17, 15) is 4.79 Å². The molecule has 2 aromatic carbocycles. The Morgan fingerprint density at radius 3 is 2.47 bits per heavy atom. The number of ether oxygens (including phenoxy) is 1. The van der Waals surface area contributed by atoms with Crippen LogP contribution in [0.4, 0.5) is 11.6 Å². The SMILES string of the molecule is CNC(=O)c1cc(Oc2ccc3nc(Nc4c(C)cc(C)cc4C)[nH]c3c2)ccn1. The van der Waals surface area contributed by atoms with Crippen molar-refractivity contribution in [2.45, 2.75) is 20.8 Å². The molecule has 7 heteroatoms. The van der Waals surface area contributed by atoms with Crippen LogP contribution < -0.4 is 15.4 Å². The van der Waals surface area contributed by atoms with Crippen LogP contribution in [0.15, 0.2) is 48.7 Å². The minimum atomic E-state index is -0.262. The van der Waals surface area contributed by atoms with Crippen LogP contribution in [-0.2, 0) is 0 Å². The maximum absolute atomic E-state index is 11.8. The van der Waals surface area contributed by atoms with E-state index < -0.39 is 0 Å². The van der Waals surface area contributed by atoms with Crippen LogP contribution in [0.5, 0.6) is 11.5 Å². The fourth-order valence-corrected chi connectivity index (χ4v) is 3.47. The zero-order chi connectivity index (χ0) is 21.3. The summed E-state index contributed by atoms with van der Waals surface area (Å²) in [6.45, 7) is 6.25. The molecule has 0 atom stereocenters. The normalized spacial score (nSPS) is 10.8. The van der Waals surface area contributed by atoms with Gasteiger partial charge in [-0.2, -0.15) is 0 Å². The molecule has 7 nitrogen and oxygen atoms in total. The van der Waals surface area contributed by atoms with Crippen LogP contribution >= 0.6 is 0 Å². The van der Waals surface area contributed by atoms with E-state index in [1.807, 2.05) is 18.2 Å². The summed E-state index contributed by atoms with van der Waals surface area (Å²) in [5.41, 5.74) is 6.59. The van der Waals surface area contributed by atoms with Gasteiger partial charge >= 0.3 is 0 Å². The summed E-state index contributed by atoms with van der Waals surface area (Å²) in [6.07, 6.45) is 1.54. The van der Waals surface area contributed by atoms with Crippen LogP contribution in [0, 0.1) is 20.8 Å². The maximum Gasteiger partial charge on any atom is 0.269 e. The predicted octanol–water partition coefficient (Wildman–Crippen LogP) is 4.78. The zero-order valence-corrected chi connectivity index (χ0v) is 17.3. The highest BCUT2D eigenvalue weighted by molar-refractivity contribution is 5.92. The number of fused-ring (bicyclic) bond motifs is 1. The fourth-order valence-electron chi connectivity index (χ4n) is 3.47. The first kappa shape index (κ1) is 19.4. The molecule has 0 bridgehead atoms. The summed E-state index contributed by atoms with van der Waals surface area (Å²) < 4.78 is 5.91. The average Bonchev–Trinajstić information content (AvgIpc) is 3.12. The van der Waals surface area contributed by atoms with Crippen molar-refractivity contribution in [3.8, 4) is 11.5 Å². The number of imidazole rings is 1. The molecule has 152 valence electrons. The number of anilines is 2. The highest BCUT2D eigenvalue weighted by Crippen LogP contribution is 2.28. The quantitative estimate of drug-likeness (QED) is 0.448. The summed E-state index contributed by atoms with van der Waals surface area (Å²) in [6, 6.07) is 13.2. The Morgan fingerprint density at radius 1 is 1.00 bits per heavy atom. The molecule has 4 aromatic rings. The lowest BCUT2D eigenvalue weighted by atomic mass is 10.1. The lowest BCUT2D eigenvalue weighted by Crippen LogP contribution is -2.18. The Labute approximate surface area is 174 Å². The highest BCUT2D eigenvalue weighted by Gasteiger charge is 2.10. The Bertz CT molecular complexity index is 1220. The monoisotopic (exact) mass is 401 g/mol. The molecule has 0 saturated heterocycles. The minimum Gasteiger partial charge on any atom is -0.457 e. The van der Waals surface area contributed by atoms with E-state index in [1.54, 1.807) is 25.4 Å². The number of nitrogens with zero attached hydrogens (tertiary/aromatic N) is 2. The van der Waals surface area contributed by atoms with Gasteiger partial charge in [0.2, 0.25) is 5.95 Å². The van der Waals surface area contributed by atoms with E-state index in [2.05, 4.69) is 58.5 Å². The van der Waals surface area contributed by atoms with Crippen LogP contribution in [0.3, 0.4) is 0 Å². The van der Waals surface area contributed by atoms with Gasteiger partial charge in [0.15, 0.2) is 0 Å². The van der Waals surface area contributed by atoms with E-state index in [-0.39, 0.29) is 5.91 Å². The molecule has 0 aliphatic rings. The van der Waals surface area contributed by atoms with Gasteiger partial charge in [0.05, 0.1) is 11.0 Å². The number of benzene rings is 2. The first-order chi connectivity index (χ1) is 14.4. The van der Waals surface area contributed by atoms with Crippen molar-refractivity contribution >= 4 is 28.6 Å². The molecule has 0 aliphatic carbocycles. The number of aromatic nitrogens is 3. The van der Waals surface area contributed by atoms with Gasteiger partial charge in [-0.1, -0.05) is 17.7 Å². The van der Waals surface area contributed by atoms with E-state index in [0.29, 0.717) is 23.1 Å². The Hall–Kier alpha value is -3.87. The number of amides is 1. The van der Waals surface area contributed by atoms with Gasteiger partial charge in [-0.3, -0.25) is 9.78 Å². The standard InChI is InChI=1S/C23H23N5O2/c1-13-9-14(2)21(15(3)10-13)28-23-26-18-6-5-16(11-19(18)27-23)30-17-7-8-25-20(12-17)22(29)24-4/h5-12H,1-4H3,(H,24,29)(H2,26,27,28). The first-order valence-electron chi connectivity index (χ1n) is 9.63. The third-order valence-corrected chi connectivity index (χ3v) is 4.80. The van der Waals surface area contributed by atoms with Gasteiger partial charge < -0.3 is 20.4 Å². The topological polar surface area (TPSA) is 91.9 Å². The summed E-state index contributed by atoms with van der Waals surface area (Å²) in [4.78, 5) is 23.7. The van der Waals surface area contributed by atoms with Crippen molar-refractivity contribution in [3.63, 3.8) is 0 Å². The van der Waals surface area contributed by atoms with Gasteiger partial charge in [0.25, 0.3) is 5.91 Å². The van der Waals surface area contributed by atoms with E-state index >= 15 is 0 Å². The van der Waals surface area contributed by atoms with E-state index in [0.717, 1.165) is 16.7 Å². The van der Waals surface area contributed by atoms with Crippen molar-refractivity contribution in [1.82, 2.24) is 20.3 Å². The van der Waals surface area contributed by atoms with E-state index in [4.69, 9.17) is 4.74 Å². The number of pyridine rings is 1. The smallest absolute Gasteiger partial charge is 0.269 e. The van der Waals surface area contributed by atoms with E-state index in [1.165, 1.54) is 16.7 Å². The summed E-state index contributed by atoms with van der Waals surface area (Å²) in [5.74, 6) is 1.58. The molecular weight excluding hydrogens is 378 g/mol. The van der Waals surface area contributed by atoms with Crippen LogP contribution in [0.2, 0.25) is 0 Å². The molecule has 3 N–H and O–H groups in total. The van der Waals surface area contributed by atoms with Gasteiger partial charge in [0.1, 0.15) is 17.2 Å². The van der Waals surface area contributed by atoms with Crippen LogP contribution in [0.1, 0.15) is 27.2 Å². The lowest BCUT2D eigenvalue weighted by molar-refractivity contribution is 0.0958. The average molecular weight is 401 g/mol. The first-order valence-corrected chi connectivity index (χ1v) is 9.63. The van der Waals surface area contributed by atoms with Crippen LogP contribution in [0.25, 0.3) is 11.0 Å². The van der Waals surface area contributed by atoms with Gasteiger partial charge in [-0.15, -0.1) is 0 Å². The Kier molecular flexibility index (Phi) is 5.10. The number of aryl methyl sites for hydroxylation is 3. The third kappa shape index (κ3) is 3.96.